The summed E-state index contributed by atoms with van der Waals surface area (Å²) in [5, 5.41) is 8.69. The van der Waals surface area contributed by atoms with Gasteiger partial charge in [-0.25, -0.2) is 0 Å². The Bertz CT molecular complexity index is 472. The molecule has 108 valence electrons. The number of carbonyl (C=O) groups is 2. The van der Waals surface area contributed by atoms with Gasteiger partial charge in [-0.3, -0.25) is 9.59 Å². The van der Waals surface area contributed by atoms with Crippen molar-refractivity contribution in [3.05, 3.63) is 35.9 Å². The zero-order valence-corrected chi connectivity index (χ0v) is 11.8. The molecule has 0 saturated heterocycles. The van der Waals surface area contributed by atoms with E-state index in [9.17, 15) is 9.59 Å². The van der Waals surface area contributed by atoms with Crippen LogP contribution in [-0.4, -0.2) is 35.0 Å². The lowest BCUT2D eigenvalue weighted by molar-refractivity contribution is -0.138. The first-order chi connectivity index (χ1) is 9.61. The van der Waals surface area contributed by atoms with Gasteiger partial charge in [0, 0.05) is 19.5 Å². The molecule has 0 aromatic heterocycles. The minimum Gasteiger partial charge on any atom is -0.481 e. The lowest BCUT2D eigenvalue weighted by Gasteiger charge is -2.20. The average Bonchev–Trinajstić information content (AvgIpc) is 3.19. The van der Waals surface area contributed by atoms with Gasteiger partial charge in [0.05, 0.1) is 6.42 Å². The number of carboxylic acid groups (broad SMARTS) is 1. The van der Waals surface area contributed by atoms with E-state index >= 15 is 0 Å². The third kappa shape index (κ3) is 3.83. The minimum atomic E-state index is -0.857. The summed E-state index contributed by atoms with van der Waals surface area (Å²) in [6.45, 7) is 2.78. The quantitative estimate of drug-likeness (QED) is 0.831. The summed E-state index contributed by atoms with van der Waals surface area (Å²) in [7, 11) is 0. The van der Waals surface area contributed by atoms with Crippen molar-refractivity contribution in [2.24, 2.45) is 5.92 Å². The van der Waals surface area contributed by atoms with Crippen LogP contribution in [0.3, 0.4) is 0 Å². The van der Waals surface area contributed by atoms with E-state index in [1.54, 1.807) is 4.90 Å². The first-order valence-electron chi connectivity index (χ1n) is 7.16. The van der Waals surface area contributed by atoms with Crippen LogP contribution in [0.4, 0.5) is 0 Å². The first kappa shape index (κ1) is 14.6. The minimum absolute atomic E-state index is 0.0202. The summed E-state index contributed by atoms with van der Waals surface area (Å²) in [5.41, 5.74) is 1.30. The highest BCUT2D eigenvalue weighted by atomic mass is 16.4. The molecule has 4 nitrogen and oxygen atoms in total. The van der Waals surface area contributed by atoms with Crippen molar-refractivity contribution in [1.82, 2.24) is 4.90 Å². The van der Waals surface area contributed by atoms with Gasteiger partial charge in [0.2, 0.25) is 5.91 Å². The third-order valence-electron chi connectivity index (χ3n) is 3.92. The maximum absolute atomic E-state index is 12.1. The number of benzene rings is 1. The van der Waals surface area contributed by atoms with E-state index in [0.29, 0.717) is 31.3 Å². The zero-order valence-electron chi connectivity index (χ0n) is 11.8. The maximum atomic E-state index is 12.1. The van der Waals surface area contributed by atoms with Crippen molar-refractivity contribution in [2.45, 2.75) is 32.1 Å². The van der Waals surface area contributed by atoms with Crippen LogP contribution in [-0.2, 0) is 9.59 Å². The van der Waals surface area contributed by atoms with Crippen LogP contribution in [0.25, 0.3) is 0 Å². The molecule has 4 heteroatoms. The summed E-state index contributed by atoms with van der Waals surface area (Å²) >= 11 is 0. The molecule has 0 radical (unpaired) electrons. The van der Waals surface area contributed by atoms with Gasteiger partial charge in [-0.15, -0.1) is 0 Å². The van der Waals surface area contributed by atoms with E-state index in [1.165, 1.54) is 5.56 Å². The van der Waals surface area contributed by atoms with E-state index in [1.807, 2.05) is 25.1 Å². The van der Waals surface area contributed by atoms with Gasteiger partial charge in [-0.05, 0) is 30.7 Å². The fourth-order valence-electron chi connectivity index (χ4n) is 2.62. The molecule has 1 fully saturated rings. The molecular formula is C16H21NO3. The largest absolute Gasteiger partial charge is 0.481 e. The summed E-state index contributed by atoms with van der Waals surface area (Å²) in [5.74, 6) is 0.143. The number of nitrogens with zero attached hydrogens (tertiary/aromatic N) is 1. The highest BCUT2D eigenvalue weighted by molar-refractivity contribution is 5.77. The predicted molar refractivity (Wildman–Crippen MR) is 76.4 cm³/mol. The summed E-state index contributed by atoms with van der Waals surface area (Å²) in [6, 6.07) is 10.3. The molecule has 0 aliphatic heterocycles. The molecular weight excluding hydrogens is 254 g/mol. The lowest BCUT2D eigenvalue weighted by Crippen LogP contribution is -2.33. The molecule has 0 bridgehead atoms. The van der Waals surface area contributed by atoms with Crippen molar-refractivity contribution >= 4 is 11.9 Å². The van der Waals surface area contributed by atoms with Crippen LogP contribution in [0.15, 0.2) is 30.3 Å². The molecule has 2 rings (SSSR count). The maximum Gasteiger partial charge on any atom is 0.305 e. The van der Waals surface area contributed by atoms with Crippen LogP contribution in [0, 0.1) is 5.92 Å². The van der Waals surface area contributed by atoms with Crippen molar-refractivity contribution < 1.29 is 14.7 Å². The van der Waals surface area contributed by atoms with Gasteiger partial charge < -0.3 is 10.0 Å². The number of amides is 1. The van der Waals surface area contributed by atoms with Crippen molar-refractivity contribution in [3.8, 4) is 0 Å². The Morgan fingerprint density at radius 2 is 2.00 bits per heavy atom. The van der Waals surface area contributed by atoms with Crippen molar-refractivity contribution in [3.63, 3.8) is 0 Å². The molecule has 0 spiro atoms. The molecule has 0 heterocycles. The summed E-state index contributed by atoms with van der Waals surface area (Å²) in [6.07, 6.45) is 1.62. The SMILES string of the molecule is CCN(CCC(=O)O)C(=O)C[C@@H]1C[C@H]1c1ccccc1. The van der Waals surface area contributed by atoms with Gasteiger partial charge >= 0.3 is 5.97 Å². The normalized spacial score (nSPS) is 20.4. The molecule has 1 saturated carbocycles. The number of aliphatic carboxylic acids is 1. The summed E-state index contributed by atoms with van der Waals surface area (Å²) < 4.78 is 0. The molecule has 0 unspecified atom stereocenters. The second-order valence-corrected chi connectivity index (χ2v) is 5.33. The number of carboxylic acids is 1. The molecule has 1 aromatic rings. The van der Waals surface area contributed by atoms with E-state index < -0.39 is 5.97 Å². The van der Waals surface area contributed by atoms with Crippen molar-refractivity contribution in [1.29, 1.82) is 0 Å². The predicted octanol–water partition coefficient (Wildman–Crippen LogP) is 2.50. The zero-order chi connectivity index (χ0) is 14.5. The van der Waals surface area contributed by atoms with Gasteiger partial charge in [0.15, 0.2) is 0 Å². The highest BCUT2D eigenvalue weighted by Gasteiger charge is 2.40. The Morgan fingerprint density at radius 3 is 2.60 bits per heavy atom. The fraction of sp³-hybridized carbons (Fsp3) is 0.500. The highest BCUT2D eigenvalue weighted by Crippen LogP contribution is 2.49. The van der Waals surface area contributed by atoms with Crippen LogP contribution >= 0.6 is 0 Å². The Hall–Kier alpha value is -1.84. The Balaban J connectivity index is 1.82. The Labute approximate surface area is 119 Å². The topological polar surface area (TPSA) is 57.6 Å². The summed E-state index contributed by atoms with van der Waals surface area (Å²) in [4.78, 5) is 24.4. The van der Waals surface area contributed by atoms with Crippen LogP contribution in [0.1, 0.15) is 37.7 Å². The Morgan fingerprint density at radius 1 is 1.30 bits per heavy atom. The molecule has 1 aliphatic rings. The number of rotatable bonds is 7. The van der Waals surface area contributed by atoms with E-state index in [4.69, 9.17) is 5.11 Å². The average molecular weight is 275 g/mol. The monoisotopic (exact) mass is 275 g/mol. The number of carbonyl (C=O) groups excluding carboxylic acids is 1. The van der Waals surface area contributed by atoms with Crippen molar-refractivity contribution in [2.75, 3.05) is 13.1 Å². The molecule has 1 amide bonds. The number of hydrogen-bond donors (Lipinski definition) is 1. The standard InChI is InChI=1S/C16H21NO3/c1-2-17(9-8-16(19)20)15(18)11-13-10-14(13)12-6-4-3-5-7-12/h3-7,13-14H,2,8-11H2,1H3,(H,19,20)/t13-,14-/m0/s1. The van der Waals surface area contributed by atoms with Crippen LogP contribution in [0.5, 0.6) is 0 Å². The number of hydrogen-bond acceptors (Lipinski definition) is 2. The second-order valence-electron chi connectivity index (χ2n) is 5.33. The lowest BCUT2D eigenvalue weighted by atomic mass is 10.1. The fourth-order valence-corrected chi connectivity index (χ4v) is 2.62. The molecule has 1 aromatic carbocycles. The molecule has 1 aliphatic carbocycles. The second kappa shape index (κ2) is 6.55. The third-order valence-corrected chi connectivity index (χ3v) is 3.92. The van der Waals surface area contributed by atoms with Gasteiger partial charge in [-0.1, -0.05) is 30.3 Å². The van der Waals surface area contributed by atoms with Gasteiger partial charge in [0.1, 0.15) is 0 Å². The van der Waals surface area contributed by atoms with E-state index in [2.05, 4.69) is 12.1 Å². The first-order valence-corrected chi connectivity index (χ1v) is 7.16. The molecule has 2 atom stereocenters. The van der Waals surface area contributed by atoms with Crippen LogP contribution < -0.4 is 0 Å². The molecule has 1 N–H and O–H groups in total. The van der Waals surface area contributed by atoms with E-state index in [-0.39, 0.29) is 12.3 Å². The Kier molecular flexibility index (Phi) is 4.77. The smallest absolute Gasteiger partial charge is 0.305 e. The van der Waals surface area contributed by atoms with Gasteiger partial charge in [0.25, 0.3) is 0 Å². The van der Waals surface area contributed by atoms with Crippen LogP contribution in [0.2, 0.25) is 0 Å². The van der Waals surface area contributed by atoms with E-state index in [0.717, 1.165) is 6.42 Å². The van der Waals surface area contributed by atoms with Gasteiger partial charge in [-0.2, -0.15) is 0 Å². The molecule has 20 heavy (non-hydrogen) atoms.